The van der Waals surface area contributed by atoms with E-state index in [-0.39, 0.29) is 20.4 Å². The van der Waals surface area contributed by atoms with Crippen LogP contribution in [0.15, 0.2) is 0 Å². The first-order valence-electron chi connectivity index (χ1n) is 2.99. The van der Waals surface area contributed by atoms with Crippen molar-refractivity contribution in [3.8, 4) is 0 Å². The van der Waals surface area contributed by atoms with E-state index in [0.717, 1.165) is 0 Å². The average molecular weight is 501 g/mol. The Kier molecular flexibility index (Phi) is 764. The van der Waals surface area contributed by atoms with Gasteiger partial charge >= 0.3 is 20.4 Å². The summed E-state index contributed by atoms with van der Waals surface area (Å²) in [5, 5.41) is 47.3. The molecule has 0 saturated heterocycles. The van der Waals surface area contributed by atoms with Crippen LogP contribution in [0.3, 0.4) is 0 Å². The number of hydrogen-bond donors (Lipinski definition) is 7. The molecule has 14 nitrogen and oxygen atoms in total. The maximum atomic E-state index is 8.24. The van der Waals surface area contributed by atoms with E-state index in [1.807, 2.05) is 0 Å². The first kappa shape index (κ1) is 50.9. The molecule has 0 atom stereocenters. The Bertz CT molecular complexity index is 137. The molecule has 0 amide bonds. The quantitative estimate of drug-likeness (QED) is 0.166. The molecule has 0 bridgehead atoms. The van der Waals surface area contributed by atoms with Crippen molar-refractivity contribution in [3.63, 3.8) is 0 Å². The van der Waals surface area contributed by atoms with E-state index in [2.05, 4.69) is 0 Å². The molecule has 0 aliphatic rings. The molecule has 0 saturated carbocycles. The monoisotopic (exact) mass is 502 g/mol. The first-order valence-corrected chi connectivity index (χ1v) is 2.99. The van der Waals surface area contributed by atoms with Crippen molar-refractivity contribution in [3.05, 3.63) is 0 Å². The summed E-state index contributed by atoms with van der Waals surface area (Å²) in [7, 11) is 0. The fraction of sp³-hybridized carbons (Fsp3) is 0. The molecular weight excluding hydrogens is 494 g/mol. The van der Waals surface area contributed by atoms with Gasteiger partial charge in [0.15, 0.2) is 0 Å². The summed E-state index contributed by atoms with van der Waals surface area (Å²) in [6.07, 6.45) is 0. The van der Waals surface area contributed by atoms with Crippen LogP contribution in [0.2, 0.25) is 0 Å². The Morgan fingerprint density at radius 2 is 0.318 bits per heavy atom. The van der Waals surface area contributed by atoms with Crippen molar-refractivity contribution in [2.24, 2.45) is 0 Å². The molecule has 0 fully saturated rings. The number of hydrogen-bond acceptors (Lipinski definition) is 7. The van der Waals surface area contributed by atoms with Crippen LogP contribution in [0.25, 0.3) is 0 Å². The third-order valence-electron chi connectivity index (χ3n) is 0. The minimum atomic E-state index is 0. The predicted octanol–water partition coefficient (Wildman–Crippen LogP) is -2.72. The molecule has 0 spiro atoms. The van der Waals surface area contributed by atoms with E-state index in [0.29, 0.717) is 45.3 Å². The molecule has 0 aliphatic heterocycles. The summed E-state index contributed by atoms with van der Waals surface area (Å²) in [6, 6.07) is 0. The van der Waals surface area contributed by atoms with Crippen LogP contribution in [0, 0.1) is 0 Å². The topological polar surface area (TPSA) is 261 Å². The van der Waals surface area contributed by atoms with Gasteiger partial charge in [-0.1, -0.05) is 45.3 Å². The maximum Gasteiger partial charge on any atom is 7.00 e. The van der Waals surface area contributed by atoms with E-state index < -0.39 is 0 Å². The molecule has 0 unspecified atom stereocenters. The Labute approximate surface area is 135 Å². The van der Waals surface area contributed by atoms with Gasteiger partial charge in [-0.3, -0.25) is 0 Å². The van der Waals surface area contributed by atoms with E-state index in [1.165, 1.54) is 0 Å². The van der Waals surface area contributed by atoms with Crippen LogP contribution in [-0.2, 0) is 54.0 Å². The summed E-state index contributed by atoms with van der Waals surface area (Å²) in [6.45, 7) is 3.50. The van der Waals surface area contributed by atoms with Gasteiger partial charge in [0.05, 0.1) is 0 Å². The van der Waals surface area contributed by atoms with Crippen molar-refractivity contribution < 1.29 is 89.7 Å². The van der Waals surface area contributed by atoms with Crippen LogP contribution >= 0.6 is 0 Å². The molecule has 0 rings (SSSR count). The summed E-state index contributed by atoms with van der Waals surface area (Å²) in [4.78, 5) is 57.7. The van der Waals surface area contributed by atoms with Crippen molar-refractivity contribution in [2.45, 2.75) is 0 Å². The second kappa shape index (κ2) is 330. The first-order chi connectivity index (χ1) is 9.90. The molecule has 7 N–H and O–H groups in total. The molecule has 0 radical (unpaired) electrons. The van der Waals surface area contributed by atoms with Crippen LogP contribution in [0.4, 0.5) is 0 Å². The van der Waals surface area contributed by atoms with Gasteiger partial charge in [-0.15, -0.1) is 0 Å². The Morgan fingerprint density at radius 3 is 0.318 bits per heavy atom. The standard InChI is InChI=1S/7CHO2.Re/c7*2-1-3;/h7*(H,2,3);/q7*-1;+7. The van der Waals surface area contributed by atoms with E-state index in [1.54, 1.807) is 0 Å². The van der Waals surface area contributed by atoms with Crippen molar-refractivity contribution >= 4 is 45.3 Å². The zero-order chi connectivity index (χ0) is 18.9. The van der Waals surface area contributed by atoms with Gasteiger partial charge in [0.2, 0.25) is 0 Å². The average Bonchev–Trinajstić information content (AvgIpc) is 2.35. The largest absolute Gasteiger partial charge is 7.00 e. The second-order valence-electron chi connectivity index (χ2n) is 0.639. The summed E-state index contributed by atoms with van der Waals surface area (Å²) in [5.74, 6) is 0. The van der Waals surface area contributed by atoms with Gasteiger partial charge in [-0.2, -0.15) is 0 Å². The Hall–Kier alpha value is -3.05. The zero-order valence-corrected chi connectivity index (χ0v) is 12.6. The minimum Gasteiger partial charge on any atom is -0.665 e. The summed E-state index contributed by atoms with van der Waals surface area (Å²) in [5.41, 5.74) is 0. The van der Waals surface area contributed by atoms with Crippen LogP contribution in [-0.4, -0.2) is 81.1 Å². The van der Waals surface area contributed by atoms with Gasteiger partial charge < -0.3 is 69.3 Å². The van der Waals surface area contributed by atoms with Crippen molar-refractivity contribution in [2.75, 3.05) is 0 Å². The van der Waals surface area contributed by atoms with Gasteiger partial charge in [0.25, 0.3) is 0 Å². The predicted molar refractivity (Wildman–Crippen MR) is 58.3 cm³/mol. The van der Waals surface area contributed by atoms with Crippen molar-refractivity contribution in [1.82, 2.24) is 0 Å². The third-order valence-corrected chi connectivity index (χ3v) is 0. The third kappa shape index (κ3) is 464. The maximum absolute atomic E-state index is 8.24. The molecule has 0 aromatic carbocycles. The molecule has 0 aromatic heterocycles. The van der Waals surface area contributed by atoms with E-state index in [4.69, 9.17) is 69.3 Å². The van der Waals surface area contributed by atoms with E-state index in [9.17, 15) is 0 Å². The minimum absolute atomic E-state index is 0. The smallest absolute Gasteiger partial charge is 0.665 e. The molecule has 0 aliphatic carbocycles. The van der Waals surface area contributed by atoms with Crippen LogP contribution in [0.5, 0.6) is 0 Å². The van der Waals surface area contributed by atoms with E-state index >= 15 is 0 Å². The van der Waals surface area contributed by atoms with Gasteiger partial charge in [-0.05, 0) is 0 Å². The molecule has 126 valence electrons. The second-order valence-corrected chi connectivity index (χ2v) is 0.639. The Balaban J connectivity index is -0.0000000172. The SMILES string of the molecule is O=[C-]O.O=[C-]O.O=[C-]O.O=[C-]O.O=[C-]O.O=[C-]O.O=[C-]O.[Re+7]. The molecule has 15 heteroatoms. The molecule has 22 heavy (non-hydrogen) atoms. The molecule has 0 heterocycles. The van der Waals surface area contributed by atoms with Gasteiger partial charge in [0.1, 0.15) is 0 Å². The van der Waals surface area contributed by atoms with Gasteiger partial charge in [0, 0.05) is 0 Å². The Morgan fingerprint density at radius 1 is 0.318 bits per heavy atom. The summed E-state index contributed by atoms with van der Waals surface area (Å²) < 4.78 is 0. The molecular formula is C7H7O14Re. The zero-order valence-electron chi connectivity index (χ0n) is 9.87. The fourth-order valence-corrected chi connectivity index (χ4v) is 0. The normalized spacial score (nSPS) is 3.82. The number of aliphatic hydroxyl groups excluding tert-OH is 7. The number of rotatable bonds is 0. The van der Waals surface area contributed by atoms with Crippen LogP contribution < -0.4 is 0 Å². The fourth-order valence-electron chi connectivity index (χ4n) is 0. The van der Waals surface area contributed by atoms with Crippen molar-refractivity contribution in [1.29, 1.82) is 0 Å². The van der Waals surface area contributed by atoms with Crippen LogP contribution in [0.1, 0.15) is 0 Å². The molecule has 0 aromatic rings. The van der Waals surface area contributed by atoms with Gasteiger partial charge in [-0.25, -0.2) is 0 Å². The summed E-state index contributed by atoms with van der Waals surface area (Å²) >= 11 is 0.